The van der Waals surface area contributed by atoms with Crippen LogP contribution in [0.3, 0.4) is 0 Å². The number of ether oxygens (including phenoxy) is 1. The fraction of sp³-hybridized carbons (Fsp3) is 0.176. The summed E-state index contributed by atoms with van der Waals surface area (Å²) in [5, 5.41) is 0. The smallest absolute Gasteiger partial charge is 0.119 e. The number of para-hydroxylation sites is 1. The van der Waals surface area contributed by atoms with Gasteiger partial charge in [-0.3, -0.25) is 0 Å². The quantitative estimate of drug-likeness (QED) is 0.770. The molecule has 0 amide bonds. The second-order valence-corrected chi connectivity index (χ2v) is 4.54. The summed E-state index contributed by atoms with van der Waals surface area (Å²) in [7, 11) is 0. The summed E-state index contributed by atoms with van der Waals surface area (Å²) in [4.78, 5) is 0. The van der Waals surface area contributed by atoms with Crippen molar-refractivity contribution in [3.63, 3.8) is 0 Å². The standard InChI is InChI=1S/C17H16O/c1-2-7-16(8-3-1)18-13-12-15-11-10-14-6-4-5-9-17(14)15/h1-11,15H,12-13H2. The fourth-order valence-corrected chi connectivity index (χ4v) is 2.40. The molecule has 0 fully saturated rings. The normalized spacial score (nSPS) is 16.6. The minimum Gasteiger partial charge on any atom is -0.494 e. The van der Waals surface area contributed by atoms with E-state index in [1.165, 1.54) is 11.1 Å². The summed E-state index contributed by atoms with van der Waals surface area (Å²) >= 11 is 0. The second kappa shape index (κ2) is 5.09. The molecule has 1 heteroatoms. The third-order valence-electron chi connectivity index (χ3n) is 3.34. The average Bonchev–Trinajstić information content (AvgIpc) is 2.84. The summed E-state index contributed by atoms with van der Waals surface area (Å²) in [5.41, 5.74) is 2.77. The lowest BCUT2D eigenvalue weighted by Crippen LogP contribution is -2.03. The van der Waals surface area contributed by atoms with Crippen LogP contribution in [0.4, 0.5) is 0 Å². The van der Waals surface area contributed by atoms with Crippen molar-refractivity contribution in [2.45, 2.75) is 12.3 Å². The largest absolute Gasteiger partial charge is 0.494 e. The Morgan fingerprint density at radius 3 is 2.56 bits per heavy atom. The Balaban J connectivity index is 1.58. The van der Waals surface area contributed by atoms with Crippen molar-refractivity contribution < 1.29 is 4.74 Å². The first-order chi connectivity index (χ1) is 8.93. The molecule has 2 aromatic rings. The first kappa shape index (κ1) is 11.1. The number of rotatable bonds is 4. The van der Waals surface area contributed by atoms with Gasteiger partial charge in [0.1, 0.15) is 5.75 Å². The molecule has 1 aliphatic rings. The van der Waals surface area contributed by atoms with Crippen molar-refractivity contribution in [3.8, 4) is 5.75 Å². The van der Waals surface area contributed by atoms with Gasteiger partial charge in [-0.25, -0.2) is 0 Å². The lowest BCUT2D eigenvalue weighted by molar-refractivity contribution is 0.305. The highest BCUT2D eigenvalue weighted by atomic mass is 16.5. The van der Waals surface area contributed by atoms with Crippen LogP contribution in [-0.2, 0) is 0 Å². The zero-order chi connectivity index (χ0) is 12.2. The molecular formula is C17H16O. The lowest BCUT2D eigenvalue weighted by Gasteiger charge is -2.11. The Hall–Kier alpha value is -2.02. The zero-order valence-corrected chi connectivity index (χ0v) is 10.3. The summed E-state index contributed by atoms with van der Waals surface area (Å²) in [5.74, 6) is 1.46. The molecule has 18 heavy (non-hydrogen) atoms. The van der Waals surface area contributed by atoms with Gasteiger partial charge < -0.3 is 4.74 Å². The van der Waals surface area contributed by atoms with E-state index in [0.29, 0.717) is 5.92 Å². The van der Waals surface area contributed by atoms with E-state index in [9.17, 15) is 0 Å². The van der Waals surface area contributed by atoms with E-state index in [1.807, 2.05) is 30.3 Å². The van der Waals surface area contributed by atoms with E-state index >= 15 is 0 Å². The Morgan fingerprint density at radius 2 is 1.67 bits per heavy atom. The van der Waals surface area contributed by atoms with E-state index in [0.717, 1.165) is 18.8 Å². The van der Waals surface area contributed by atoms with Gasteiger partial charge in [0.25, 0.3) is 0 Å². The molecule has 0 N–H and O–H groups in total. The molecule has 0 saturated heterocycles. The SMILES string of the molecule is C1=CC(CCOc2ccccc2)c2ccccc21. The lowest BCUT2D eigenvalue weighted by atomic mass is 9.98. The molecule has 0 bridgehead atoms. The molecule has 1 unspecified atom stereocenters. The summed E-state index contributed by atoms with van der Waals surface area (Å²) in [6, 6.07) is 18.6. The molecule has 3 rings (SSSR count). The predicted molar refractivity (Wildman–Crippen MR) is 74.8 cm³/mol. The van der Waals surface area contributed by atoms with Gasteiger partial charge in [0, 0.05) is 5.92 Å². The van der Waals surface area contributed by atoms with Crippen LogP contribution >= 0.6 is 0 Å². The van der Waals surface area contributed by atoms with Gasteiger partial charge in [-0.2, -0.15) is 0 Å². The van der Waals surface area contributed by atoms with Gasteiger partial charge in [0.05, 0.1) is 6.61 Å². The first-order valence-corrected chi connectivity index (χ1v) is 6.38. The van der Waals surface area contributed by atoms with Crippen LogP contribution in [-0.4, -0.2) is 6.61 Å². The molecule has 1 atom stereocenters. The maximum atomic E-state index is 5.75. The van der Waals surface area contributed by atoms with Crippen LogP contribution in [0.1, 0.15) is 23.5 Å². The number of fused-ring (bicyclic) bond motifs is 1. The van der Waals surface area contributed by atoms with Gasteiger partial charge in [-0.05, 0) is 29.7 Å². The molecule has 0 heterocycles. The van der Waals surface area contributed by atoms with Crippen molar-refractivity contribution in [2.75, 3.05) is 6.61 Å². The summed E-state index contributed by atoms with van der Waals surface area (Å²) in [6.45, 7) is 0.757. The molecule has 0 radical (unpaired) electrons. The van der Waals surface area contributed by atoms with Gasteiger partial charge in [0.15, 0.2) is 0 Å². The summed E-state index contributed by atoms with van der Waals surface area (Å²) < 4.78 is 5.75. The van der Waals surface area contributed by atoms with Gasteiger partial charge in [-0.1, -0.05) is 54.6 Å². The fourth-order valence-electron chi connectivity index (χ4n) is 2.40. The first-order valence-electron chi connectivity index (χ1n) is 6.38. The Labute approximate surface area is 108 Å². The maximum Gasteiger partial charge on any atom is 0.119 e. The zero-order valence-electron chi connectivity index (χ0n) is 10.3. The molecule has 1 nitrogen and oxygen atoms in total. The van der Waals surface area contributed by atoms with Gasteiger partial charge >= 0.3 is 0 Å². The molecule has 0 spiro atoms. The van der Waals surface area contributed by atoms with Crippen LogP contribution in [0.25, 0.3) is 6.08 Å². The van der Waals surface area contributed by atoms with E-state index in [4.69, 9.17) is 4.74 Å². The third kappa shape index (κ3) is 2.30. The van der Waals surface area contributed by atoms with Crippen LogP contribution in [0.15, 0.2) is 60.7 Å². The van der Waals surface area contributed by atoms with Crippen molar-refractivity contribution >= 4 is 6.08 Å². The van der Waals surface area contributed by atoms with Crippen molar-refractivity contribution in [3.05, 3.63) is 71.8 Å². The molecule has 90 valence electrons. The van der Waals surface area contributed by atoms with Crippen LogP contribution in [0, 0.1) is 0 Å². The van der Waals surface area contributed by atoms with E-state index < -0.39 is 0 Å². The number of hydrogen-bond acceptors (Lipinski definition) is 1. The number of benzene rings is 2. The summed E-state index contributed by atoms with van der Waals surface area (Å²) in [6.07, 6.45) is 5.52. The number of hydrogen-bond donors (Lipinski definition) is 0. The van der Waals surface area contributed by atoms with E-state index in [2.05, 4.69) is 36.4 Å². The molecule has 0 aliphatic heterocycles. The average molecular weight is 236 g/mol. The van der Waals surface area contributed by atoms with E-state index in [-0.39, 0.29) is 0 Å². The molecular weight excluding hydrogens is 220 g/mol. The molecule has 2 aromatic carbocycles. The monoisotopic (exact) mass is 236 g/mol. The van der Waals surface area contributed by atoms with Gasteiger partial charge in [0.2, 0.25) is 0 Å². The molecule has 0 aromatic heterocycles. The maximum absolute atomic E-state index is 5.75. The van der Waals surface area contributed by atoms with Crippen molar-refractivity contribution in [2.24, 2.45) is 0 Å². The van der Waals surface area contributed by atoms with Crippen molar-refractivity contribution in [1.29, 1.82) is 0 Å². The highest BCUT2D eigenvalue weighted by Gasteiger charge is 2.16. The topological polar surface area (TPSA) is 9.23 Å². The van der Waals surface area contributed by atoms with Crippen molar-refractivity contribution in [1.82, 2.24) is 0 Å². The highest BCUT2D eigenvalue weighted by Crippen LogP contribution is 2.32. The predicted octanol–water partition coefficient (Wildman–Crippen LogP) is 4.27. The third-order valence-corrected chi connectivity index (χ3v) is 3.34. The van der Waals surface area contributed by atoms with Crippen LogP contribution in [0.5, 0.6) is 5.75 Å². The highest BCUT2D eigenvalue weighted by molar-refractivity contribution is 5.62. The minimum atomic E-state index is 0.505. The van der Waals surface area contributed by atoms with E-state index in [1.54, 1.807) is 0 Å². The Morgan fingerprint density at radius 1 is 0.889 bits per heavy atom. The minimum absolute atomic E-state index is 0.505. The second-order valence-electron chi connectivity index (χ2n) is 4.54. The molecule has 1 aliphatic carbocycles. The molecule has 0 saturated carbocycles. The Bertz CT molecular complexity index is 543. The van der Waals surface area contributed by atoms with Crippen LogP contribution < -0.4 is 4.74 Å². The van der Waals surface area contributed by atoms with Gasteiger partial charge in [-0.15, -0.1) is 0 Å². The Kier molecular flexibility index (Phi) is 3.14. The van der Waals surface area contributed by atoms with Crippen LogP contribution in [0.2, 0.25) is 0 Å². The number of allylic oxidation sites excluding steroid dienone is 1.